The number of hydrogen-bond donors (Lipinski definition) is 1. The second kappa shape index (κ2) is 3.13. The van der Waals surface area contributed by atoms with Gasteiger partial charge in [-0.25, -0.2) is 0 Å². The summed E-state index contributed by atoms with van der Waals surface area (Å²) in [6.07, 6.45) is 7.94. The van der Waals surface area contributed by atoms with Gasteiger partial charge in [-0.2, -0.15) is 0 Å². The number of hydrogen-bond acceptors (Lipinski definition) is 1. The third kappa shape index (κ3) is 1.58. The zero-order valence-electron chi connectivity index (χ0n) is 7.50. The Hall–Kier alpha value is -1.05. The molecule has 0 aromatic heterocycles. The predicted molar refractivity (Wildman–Crippen MR) is 47.9 cm³/mol. The van der Waals surface area contributed by atoms with Gasteiger partial charge in [0.1, 0.15) is 0 Å². The molecule has 0 unspecified atom stereocenters. The molecule has 1 aliphatic rings. The summed E-state index contributed by atoms with van der Waals surface area (Å²) < 4.78 is 0. The first-order valence-electron chi connectivity index (χ1n) is 4.15. The lowest BCUT2D eigenvalue weighted by Crippen LogP contribution is -2.25. The molecule has 0 fully saturated rings. The summed E-state index contributed by atoms with van der Waals surface area (Å²) in [5, 5.41) is 8.92. The number of carboxylic acid groups (broad SMARTS) is 1. The lowest BCUT2D eigenvalue weighted by Gasteiger charge is -2.22. The highest BCUT2D eigenvalue weighted by molar-refractivity contribution is 5.78. The van der Waals surface area contributed by atoms with Crippen LogP contribution in [0.1, 0.15) is 26.7 Å². The number of carbonyl (C=O) groups is 1. The van der Waals surface area contributed by atoms with Crippen LogP contribution in [-0.4, -0.2) is 11.1 Å². The molecule has 0 aromatic rings. The molecule has 0 saturated heterocycles. The zero-order chi connectivity index (χ0) is 9.19. The summed E-state index contributed by atoms with van der Waals surface area (Å²) in [5.74, 6) is -0.764. The predicted octanol–water partition coefficient (Wildman–Crippen LogP) is 2.37. The van der Waals surface area contributed by atoms with Crippen molar-refractivity contribution < 1.29 is 9.90 Å². The average Bonchev–Trinajstić information content (AvgIpc) is 2.06. The molecule has 2 nitrogen and oxygen atoms in total. The SMILES string of the molecule is CC(C)(C(=O)O)C1=CCCC=C1. The lowest BCUT2D eigenvalue weighted by atomic mass is 9.82. The summed E-state index contributed by atoms with van der Waals surface area (Å²) in [6, 6.07) is 0. The van der Waals surface area contributed by atoms with E-state index in [1.165, 1.54) is 0 Å². The minimum absolute atomic E-state index is 0.739. The topological polar surface area (TPSA) is 37.3 Å². The molecule has 0 bridgehead atoms. The van der Waals surface area contributed by atoms with E-state index in [9.17, 15) is 4.79 Å². The smallest absolute Gasteiger partial charge is 0.313 e. The van der Waals surface area contributed by atoms with E-state index >= 15 is 0 Å². The Balaban J connectivity index is 2.88. The monoisotopic (exact) mass is 166 g/mol. The van der Waals surface area contributed by atoms with Crippen LogP contribution < -0.4 is 0 Å². The van der Waals surface area contributed by atoms with Crippen LogP contribution in [0.25, 0.3) is 0 Å². The highest BCUT2D eigenvalue weighted by Gasteiger charge is 2.30. The first kappa shape index (κ1) is 9.04. The molecule has 0 aromatic carbocycles. The van der Waals surface area contributed by atoms with E-state index < -0.39 is 11.4 Å². The molecular formula is C10H14O2. The Morgan fingerprint density at radius 1 is 1.50 bits per heavy atom. The van der Waals surface area contributed by atoms with E-state index in [-0.39, 0.29) is 0 Å². The van der Waals surface area contributed by atoms with E-state index in [2.05, 4.69) is 0 Å². The summed E-state index contributed by atoms with van der Waals surface area (Å²) in [4.78, 5) is 10.8. The maximum absolute atomic E-state index is 10.8. The van der Waals surface area contributed by atoms with Gasteiger partial charge in [-0.15, -0.1) is 0 Å². The minimum Gasteiger partial charge on any atom is -0.481 e. The van der Waals surface area contributed by atoms with Crippen molar-refractivity contribution in [2.75, 3.05) is 0 Å². The number of aliphatic carboxylic acids is 1. The average molecular weight is 166 g/mol. The van der Waals surface area contributed by atoms with Crippen LogP contribution in [-0.2, 0) is 4.79 Å². The Bertz CT molecular complexity index is 247. The van der Waals surface area contributed by atoms with Gasteiger partial charge in [-0.1, -0.05) is 18.2 Å². The van der Waals surface area contributed by atoms with Gasteiger partial charge in [0.2, 0.25) is 0 Å². The van der Waals surface area contributed by atoms with Gasteiger partial charge in [0.15, 0.2) is 0 Å². The van der Waals surface area contributed by atoms with Crippen molar-refractivity contribution in [1.29, 1.82) is 0 Å². The van der Waals surface area contributed by atoms with E-state index in [1.807, 2.05) is 18.2 Å². The molecule has 1 N–H and O–H groups in total. The fraction of sp³-hybridized carbons (Fsp3) is 0.500. The first-order valence-corrected chi connectivity index (χ1v) is 4.15. The summed E-state index contributed by atoms with van der Waals surface area (Å²) in [6.45, 7) is 3.47. The second-order valence-corrected chi connectivity index (χ2v) is 3.57. The molecule has 12 heavy (non-hydrogen) atoms. The number of rotatable bonds is 2. The summed E-state index contributed by atoms with van der Waals surface area (Å²) >= 11 is 0. The number of allylic oxidation sites excluding steroid dienone is 3. The minimum atomic E-state index is -0.764. The second-order valence-electron chi connectivity index (χ2n) is 3.57. The van der Waals surface area contributed by atoms with Gasteiger partial charge in [0, 0.05) is 0 Å². The Kier molecular flexibility index (Phi) is 2.36. The van der Waals surface area contributed by atoms with Gasteiger partial charge in [-0.3, -0.25) is 4.79 Å². The largest absolute Gasteiger partial charge is 0.481 e. The quantitative estimate of drug-likeness (QED) is 0.683. The molecule has 66 valence electrons. The van der Waals surface area contributed by atoms with E-state index in [0.717, 1.165) is 18.4 Å². The molecule has 0 aliphatic heterocycles. The Labute approximate surface area is 72.6 Å². The van der Waals surface area contributed by atoms with Gasteiger partial charge >= 0.3 is 5.97 Å². The number of carboxylic acids is 1. The van der Waals surface area contributed by atoms with Crippen LogP contribution in [0.2, 0.25) is 0 Å². The third-order valence-corrected chi connectivity index (χ3v) is 2.25. The van der Waals surface area contributed by atoms with Crippen LogP contribution in [0.3, 0.4) is 0 Å². The third-order valence-electron chi connectivity index (χ3n) is 2.25. The van der Waals surface area contributed by atoms with Gasteiger partial charge in [-0.05, 0) is 32.3 Å². The first-order chi connectivity index (χ1) is 5.55. The van der Waals surface area contributed by atoms with Crippen molar-refractivity contribution in [3.05, 3.63) is 23.8 Å². The van der Waals surface area contributed by atoms with Gasteiger partial charge in [0.25, 0.3) is 0 Å². The Morgan fingerprint density at radius 3 is 2.58 bits per heavy atom. The van der Waals surface area contributed by atoms with Crippen LogP contribution >= 0.6 is 0 Å². The molecule has 0 spiro atoms. The molecule has 0 radical (unpaired) electrons. The molecule has 0 amide bonds. The maximum atomic E-state index is 10.8. The molecule has 1 aliphatic carbocycles. The standard InChI is InChI=1S/C10H14O2/c1-10(2,9(11)12)8-6-4-3-5-7-8/h4,6-7H,3,5H2,1-2H3,(H,11,12). The highest BCUT2D eigenvalue weighted by Crippen LogP contribution is 2.30. The molecule has 1 rings (SSSR count). The zero-order valence-corrected chi connectivity index (χ0v) is 7.50. The molecule has 0 saturated carbocycles. The van der Waals surface area contributed by atoms with Gasteiger partial charge in [0.05, 0.1) is 5.41 Å². The fourth-order valence-electron chi connectivity index (χ4n) is 1.20. The van der Waals surface area contributed by atoms with Crippen LogP contribution in [0.4, 0.5) is 0 Å². The van der Waals surface area contributed by atoms with Crippen molar-refractivity contribution >= 4 is 5.97 Å². The summed E-state index contributed by atoms with van der Waals surface area (Å²) in [7, 11) is 0. The van der Waals surface area contributed by atoms with Crippen molar-refractivity contribution in [3.63, 3.8) is 0 Å². The van der Waals surface area contributed by atoms with Crippen molar-refractivity contribution in [3.8, 4) is 0 Å². The van der Waals surface area contributed by atoms with Crippen molar-refractivity contribution in [2.24, 2.45) is 5.41 Å². The normalized spacial score (nSPS) is 17.3. The van der Waals surface area contributed by atoms with Crippen molar-refractivity contribution in [2.45, 2.75) is 26.7 Å². The van der Waals surface area contributed by atoms with E-state index in [4.69, 9.17) is 5.11 Å². The molecule has 2 heteroatoms. The molecule has 0 atom stereocenters. The molecular weight excluding hydrogens is 152 g/mol. The maximum Gasteiger partial charge on any atom is 0.313 e. The summed E-state index contributed by atoms with van der Waals surface area (Å²) in [5.41, 5.74) is 0.179. The Morgan fingerprint density at radius 2 is 2.17 bits per heavy atom. The van der Waals surface area contributed by atoms with Crippen LogP contribution in [0, 0.1) is 5.41 Å². The highest BCUT2D eigenvalue weighted by atomic mass is 16.4. The van der Waals surface area contributed by atoms with Gasteiger partial charge < -0.3 is 5.11 Å². The molecule has 0 heterocycles. The fourth-order valence-corrected chi connectivity index (χ4v) is 1.20. The van der Waals surface area contributed by atoms with Crippen molar-refractivity contribution in [1.82, 2.24) is 0 Å². The van der Waals surface area contributed by atoms with E-state index in [0.29, 0.717) is 0 Å². The van der Waals surface area contributed by atoms with E-state index in [1.54, 1.807) is 13.8 Å². The van der Waals surface area contributed by atoms with Crippen LogP contribution in [0.15, 0.2) is 23.8 Å². The van der Waals surface area contributed by atoms with Crippen LogP contribution in [0.5, 0.6) is 0 Å². The lowest BCUT2D eigenvalue weighted by molar-refractivity contribution is -0.144.